The highest BCUT2D eigenvalue weighted by molar-refractivity contribution is 6.06. The molecule has 1 N–H and O–H groups in total. The summed E-state index contributed by atoms with van der Waals surface area (Å²) in [6.07, 6.45) is 0.770. The average molecular weight is 298 g/mol. The first-order chi connectivity index (χ1) is 10.7. The van der Waals surface area contributed by atoms with E-state index in [9.17, 15) is 4.79 Å². The van der Waals surface area contributed by atoms with E-state index in [1.807, 2.05) is 31.2 Å². The minimum Gasteiger partial charge on any atom is -0.450 e. The van der Waals surface area contributed by atoms with Crippen LogP contribution in [0.1, 0.15) is 22.7 Å². The largest absolute Gasteiger partial charge is 0.450 e. The Bertz CT molecular complexity index is 823. The van der Waals surface area contributed by atoms with Crippen LogP contribution in [0.5, 0.6) is 0 Å². The number of amides is 1. The van der Waals surface area contributed by atoms with Crippen LogP contribution in [0.15, 0.2) is 34.7 Å². The second-order valence-electron chi connectivity index (χ2n) is 5.17. The zero-order valence-corrected chi connectivity index (χ0v) is 12.7. The predicted octanol–water partition coefficient (Wildman–Crippen LogP) is 3.06. The van der Waals surface area contributed by atoms with Gasteiger partial charge in [-0.25, -0.2) is 0 Å². The van der Waals surface area contributed by atoms with Gasteiger partial charge in [-0.2, -0.15) is 0 Å². The first-order valence-electron chi connectivity index (χ1n) is 7.26. The number of aryl methyl sites for hydroxylation is 1. The third kappa shape index (κ3) is 2.67. The quantitative estimate of drug-likeness (QED) is 0.735. The van der Waals surface area contributed by atoms with Crippen LogP contribution >= 0.6 is 0 Å². The molecule has 0 bridgehead atoms. The van der Waals surface area contributed by atoms with E-state index in [1.54, 1.807) is 13.2 Å². The minimum atomic E-state index is -0.212. The second-order valence-corrected chi connectivity index (χ2v) is 5.17. The summed E-state index contributed by atoms with van der Waals surface area (Å²) < 4.78 is 10.8. The minimum absolute atomic E-state index is 0.212. The Balaban J connectivity index is 1.94. The van der Waals surface area contributed by atoms with Gasteiger partial charge in [-0.05, 0) is 31.5 Å². The van der Waals surface area contributed by atoms with E-state index in [1.165, 1.54) is 0 Å². The molecule has 3 rings (SSSR count). The van der Waals surface area contributed by atoms with Crippen molar-refractivity contribution >= 4 is 27.8 Å². The number of nitrogens with zero attached hydrogens (tertiary/aromatic N) is 1. The number of para-hydroxylation sites is 1. The molecule has 0 saturated heterocycles. The lowest BCUT2D eigenvalue weighted by Crippen LogP contribution is -2.24. The number of ether oxygens (including phenoxy) is 1. The van der Waals surface area contributed by atoms with Gasteiger partial charge in [-0.1, -0.05) is 12.1 Å². The molecule has 0 fully saturated rings. The molecule has 0 aliphatic heterocycles. The van der Waals surface area contributed by atoms with Crippen LogP contribution in [0.25, 0.3) is 21.9 Å². The number of methoxy groups -OCH3 is 1. The van der Waals surface area contributed by atoms with Crippen molar-refractivity contribution in [2.75, 3.05) is 20.3 Å². The van der Waals surface area contributed by atoms with Gasteiger partial charge in [0.05, 0.1) is 5.52 Å². The van der Waals surface area contributed by atoms with Gasteiger partial charge in [0.2, 0.25) is 0 Å². The normalized spacial score (nSPS) is 11.2. The van der Waals surface area contributed by atoms with Crippen molar-refractivity contribution < 1.29 is 13.9 Å². The van der Waals surface area contributed by atoms with Crippen molar-refractivity contribution in [1.29, 1.82) is 0 Å². The number of pyridine rings is 1. The van der Waals surface area contributed by atoms with Gasteiger partial charge in [0, 0.05) is 36.7 Å². The first-order valence-corrected chi connectivity index (χ1v) is 7.26. The van der Waals surface area contributed by atoms with Crippen molar-refractivity contribution in [3.63, 3.8) is 0 Å². The van der Waals surface area contributed by atoms with Crippen molar-refractivity contribution in [1.82, 2.24) is 10.3 Å². The third-order valence-corrected chi connectivity index (χ3v) is 3.59. The monoisotopic (exact) mass is 298 g/mol. The van der Waals surface area contributed by atoms with Crippen molar-refractivity contribution in [3.8, 4) is 0 Å². The number of furan rings is 1. The smallest absolute Gasteiger partial charge is 0.287 e. The molecule has 0 aliphatic carbocycles. The summed E-state index contributed by atoms with van der Waals surface area (Å²) in [7, 11) is 1.64. The molecule has 0 aliphatic rings. The summed E-state index contributed by atoms with van der Waals surface area (Å²) in [4.78, 5) is 16.7. The van der Waals surface area contributed by atoms with Crippen molar-refractivity contribution in [2.45, 2.75) is 13.3 Å². The summed E-state index contributed by atoms with van der Waals surface area (Å²) in [6.45, 7) is 3.10. The highest BCUT2D eigenvalue weighted by Crippen LogP contribution is 2.28. The Hall–Kier alpha value is -2.40. The van der Waals surface area contributed by atoms with Gasteiger partial charge in [0.25, 0.3) is 5.91 Å². The highest BCUT2D eigenvalue weighted by Gasteiger charge is 2.16. The van der Waals surface area contributed by atoms with E-state index in [-0.39, 0.29) is 5.91 Å². The van der Waals surface area contributed by atoms with Crippen molar-refractivity contribution in [3.05, 3.63) is 41.8 Å². The van der Waals surface area contributed by atoms with Crippen LogP contribution in [0, 0.1) is 6.92 Å². The van der Waals surface area contributed by atoms with Gasteiger partial charge < -0.3 is 14.5 Å². The Morgan fingerprint density at radius 2 is 2.14 bits per heavy atom. The number of hydrogen-bond acceptors (Lipinski definition) is 4. The van der Waals surface area contributed by atoms with Gasteiger partial charge >= 0.3 is 0 Å². The molecule has 5 heteroatoms. The molecule has 5 nitrogen and oxygen atoms in total. The Morgan fingerprint density at radius 1 is 1.32 bits per heavy atom. The molecule has 0 spiro atoms. The number of aromatic nitrogens is 1. The fourth-order valence-electron chi connectivity index (χ4n) is 2.48. The van der Waals surface area contributed by atoms with E-state index < -0.39 is 0 Å². The van der Waals surface area contributed by atoms with E-state index >= 15 is 0 Å². The number of rotatable bonds is 5. The van der Waals surface area contributed by atoms with Gasteiger partial charge in [0.15, 0.2) is 5.76 Å². The summed E-state index contributed by atoms with van der Waals surface area (Å²) in [6, 6.07) is 9.52. The van der Waals surface area contributed by atoms with E-state index in [0.29, 0.717) is 24.5 Å². The van der Waals surface area contributed by atoms with Crippen LogP contribution in [-0.4, -0.2) is 31.2 Å². The molecule has 1 aromatic carbocycles. The summed E-state index contributed by atoms with van der Waals surface area (Å²) >= 11 is 0. The number of hydrogen-bond donors (Lipinski definition) is 1. The Kier molecular flexibility index (Phi) is 4.06. The van der Waals surface area contributed by atoms with Crippen LogP contribution in [0.2, 0.25) is 0 Å². The van der Waals surface area contributed by atoms with Crippen LogP contribution in [-0.2, 0) is 4.74 Å². The maximum Gasteiger partial charge on any atom is 0.287 e. The average Bonchev–Trinajstić information content (AvgIpc) is 2.98. The van der Waals surface area contributed by atoms with Crippen LogP contribution in [0.3, 0.4) is 0 Å². The van der Waals surface area contributed by atoms with Crippen LogP contribution in [0.4, 0.5) is 0 Å². The van der Waals surface area contributed by atoms with Gasteiger partial charge in [-0.3, -0.25) is 9.78 Å². The van der Waals surface area contributed by atoms with E-state index in [4.69, 9.17) is 9.15 Å². The predicted molar refractivity (Wildman–Crippen MR) is 85.1 cm³/mol. The number of benzene rings is 1. The number of nitrogens with one attached hydrogen (secondary N) is 1. The zero-order valence-electron chi connectivity index (χ0n) is 12.7. The molecule has 3 aromatic rings. The van der Waals surface area contributed by atoms with Gasteiger partial charge in [-0.15, -0.1) is 0 Å². The molecule has 0 unspecified atom stereocenters. The standard InChI is InChI=1S/C17H18N2O3/c1-11-13-10-15(17(20)18-8-5-9-21-2)22-16(13)12-6-3-4-7-14(12)19-11/h3-4,6-7,10H,5,8-9H2,1-2H3,(H,18,20). The number of carbonyl (C=O) groups excluding carboxylic acids is 1. The lowest BCUT2D eigenvalue weighted by molar-refractivity contribution is 0.0923. The fourth-order valence-corrected chi connectivity index (χ4v) is 2.48. The third-order valence-electron chi connectivity index (χ3n) is 3.59. The zero-order chi connectivity index (χ0) is 15.5. The first kappa shape index (κ1) is 14.5. The molecule has 0 saturated carbocycles. The Morgan fingerprint density at radius 3 is 2.95 bits per heavy atom. The summed E-state index contributed by atoms with van der Waals surface area (Å²) in [5.41, 5.74) is 2.44. The van der Waals surface area contributed by atoms with E-state index in [0.717, 1.165) is 28.4 Å². The van der Waals surface area contributed by atoms with Gasteiger partial charge in [0.1, 0.15) is 5.58 Å². The second kappa shape index (κ2) is 6.15. The highest BCUT2D eigenvalue weighted by atomic mass is 16.5. The van der Waals surface area contributed by atoms with E-state index in [2.05, 4.69) is 10.3 Å². The molecule has 22 heavy (non-hydrogen) atoms. The lowest BCUT2D eigenvalue weighted by Gasteiger charge is -2.02. The molecular formula is C17H18N2O3. The molecule has 0 atom stereocenters. The number of fused-ring (bicyclic) bond motifs is 3. The maximum atomic E-state index is 12.2. The summed E-state index contributed by atoms with van der Waals surface area (Å²) in [5, 5.41) is 4.62. The Labute approximate surface area is 128 Å². The van der Waals surface area contributed by atoms with Crippen molar-refractivity contribution in [2.24, 2.45) is 0 Å². The molecule has 2 aromatic heterocycles. The molecule has 1 amide bonds. The fraction of sp³-hybridized carbons (Fsp3) is 0.294. The lowest BCUT2D eigenvalue weighted by atomic mass is 10.1. The SMILES string of the molecule is COCCCNC(=O)c1cc2c(C)nc3ccccc3c2o1. The summed E-state index contributed by atoms with van der Waals surface area (Å²) in [5.74, 6) is 0.101. The molecule has 0 radical (unpaired) electrons. The number of carbonyl (C=O) groups is 1. The molecule has 2 heterocycles. The van der Waals surface area contributed by atoms with Crippen LogP contribution < -0.4 is 5.32 Å². The maximum absolute atomic E-state index is 12.2. The molecular weight excluding hydrogens is 280 g/mol. The topological polar surface area (TPSA) is 64.4 Å². The molecule has 114 valence electrons.